The van der Waals surface area contributed by atoms with Crippen molar-refractivity contribution in [2.75, 3.05) is 0 Å². The SMILES string of the molecule is CCC(=O)Oc1ccc2cc(OC(=O)CC)ccc2c1. The van der Waals surface area contributed by atoms with Gasteiger partial charge in [0.2, 0.25) is 0 Å². The molecular formula is C16H16O4. The minimum atomic E-state index is -0.266. The maximum absolute atomic E-state index is 11.2. The van der Waals surface area contributed by atoms with E-state index in [9.17, 15) is 9.59 Å². The number of ether oxygens (including phenoxy) is 2. The van der Waals surface area contributed by atoms with Crippen molar-refractivity contribution in [3.63, 3.8) is 0 Å². The van der Waals surface area contributed by atoms with E-state index in [1.54, 1.807) is 38.1 Å². The van der Waals surface area contributed by atoms with Crippen molar-refractivity contribution in [1.82, 2.24) is 0 Å². The summed E-state index contributed by atoms with van der Waals surface area (Å²) in [6, 6.07) is 10.7. The van der Waals surface area contributed by atoms with Gasteiger partial charge in [0.25, 0.3) is 0 Å². The second-order valence-electron chi connectivity index (χ2n) is 4.33. The molecule has 4 heteroatoms. The fraction of sp³-hybridized carbons (Fsp3) is 0.250. The molecule has 0 amide bonds. The van der Waals surface area contributed by atoms with Crippen LogP contribution in [-0.4, -0.2) is 11.9 Å². The van der Waals surface area contributed by atoms with E-state index < -0.39 is 0 Å². The summed E-state index contributed by atoms with van der Waals surface area (Å²) in [6.45, 7) is 3.50. The molecule has 2 rings (SSSR count). The first-order valence-electron chi connectivity index (χ1n) is 6.57. The molecule has 0 radical (unpaired) electrons. The largest absolute Gasteiger partial charge is 0.427 e. The third-order valence-electron chi connectivity index (χ3n) is 2.82. The fourth-order valence-corrected chi connectivity index (χ4v) is 1.74. The van der Waals surface area contributed by atoms with Gasteiger partial charge in [0, 0.05) is 12.8 Å². The average molecular weight is 272 g/mol. The Kier molecular flexibility index (Phi) is 4.35. The Bertz CT molecular complexity index is 589. The highest BCUT2D eigenvalue weighted by atomic mass is 16.5. The Labute approximate surface area is 117 Å². The van der Waals surface area contributed by atoms with E-state index >= 15 is 0 Å². The van der Waals surface area contributed by atoms with Crippen LogP contribution in [0.15, 0.2) is 36.4 Å². The van der Waals surface area contributed by atoms with Gasteiger partial charge in [0.1, 0.15) is 11.5 Å². The molecule has 0 N–H and O–H groups in total. The molecule has 0 atom stereocenters. The number of benzene rings is 2. The van der Waals surface area contributed by atoms with Crippen molar-refractivity contribution in [2.24, 2.45) is 0 Å². The molecule has 0 aliphatic rings. The standard InChI is InChI=1S/C16H16O4/c1-3-15(17)19-13-7-5-12-10-14(20-16(18)4-2)8-6-11(12)9-13/h5-10H,3-4H2,1-2H3. The molecule has 0 saturated carbocycles. The number of carbonyl (C=O) groups is 2. The summed E-state index contributed by atoms with van der Waals surface area (Å²) in [5, 5.41) is 1.84. The molecule has 20 heavy (non-hydrogen) atoms. The lowest BCUT2D eigenvalue weighted by Crippen LogP contribution is -2.05. The van der Waals surface area contributed by atoms with Crippen LogP contribution in [0.1, 0.15) is 26.7 Å². The van der Waals surface area contributed by atoms with Gasteiger partial charge in [-0.15, -0.1) is 0 Å². The molecule has 0 heterocycles. The normalized spacial score (nSPS) is 10.3. The maximum Gasteiger partial charge on any atom is 0.310 e. The molecular weight excluding hydrogens is 256 g/mol. The van der Waals surface area contributed by atoms with Crippen LogP contribution in [0.3, 0.4) is 0 Å². The molecule has 0 aliphatic heterocycles. The Morgan fingerprint density at radius 3 is 1.55 bits per heavy atom. The highest BCUT2D eigenvalue weighted by Crippen LogP contribution is 2.25. The first-order chi connectivity index (χ1) is 9.62. The van der Waals surface area contributed by atoms with Gasteiger partial charge in [-0.2, -0.15) is 0 Å². The Balaban J connectivity index is 2.25. The number of hydrogen-bond acceptors (Lipinski definition) is 4. The van der Waals surface area contributed by atoms with Crippen molar-refractivity contribution in [1.29, 1.82) is 0 Å². The van der Waals surface area contributed by atoms with Gasteiger partial charge in [0.15, 0.2) is 0 Å². The molecule has 0 saturated heterocycles. The molecule has 2 aromatic carbocycles. The van der Waals surface area contributed by atoms with E-state index in [0.717, 1.165) is 10.8 Å². The highest BCUT2D eigenvalue weighted by molar-refractivity contribution is 5.86. The quantitative estimate of drug-likeness (QED) is 0.631. The van der Waals surface area contributed by atoms with Crippen LogP contribution in [0.25, 0.3) is 10.8 Å². The molecule has 2 aromatic rings. The minimum Gasteiger partial charge on any atom is -0.427 e. The van der Waals surface area contributed by atoms with Crippen LogP contribution in [-0.2, 0) is 9.59 Å². The molecule has 0 aliphatic carbocycles. The van der Waals surface area contributed by atoms with E-state index in [1.165, 1.54) is 0 Å². The zero-order valence-corrected chi connectivity index (χ0v) is 11.5. The molecule has 0 unspecified atom stereocenters. The lowest BCUT2D eigenvalue weighted by atomic mass is 10.1. The first kappa shape index (κ1) is 14.1. The van der Waals surface area contributed by atoms with E-state index in [2.05, 4.69) is 0 Å². The monoisotopic (exact) mass is 272 g/mol. The number of hydrogen-bond donors (Lipinski definition) is 0. The third-order valence-corrected chi connectivity index (χ3v) is 2.82. The first-order valence-corrected chi connectivity index (χ1v) is 6.57. The Morgan fingerprint density at radius 1 is 0.800 bits per heavy atom. The van der Waals surface area contributed by atoms with Gasteiger partial charge in [-0.05, 0) is 35.0 Å². The van der Waals surface area contributed by atoms with Crippen LogP contribution < -0.4 is 9.47 Å². The third kappa shape index (κ3) is 3.35. The zero-order valence-electron chi connectivity index (χ0n) is 11.5. The predicted molar refractivity (Wildman–Crippen MR) is 75.8 cm³/mol. The Morgan fingerprint density at radius 2 is 1.20 bits per heavy atom. The van der Waals surface area contributed by atoms with Crippen molar-refractivity contribution < 1.29 is 19.1 Å². The average Bonchev–Trinajstić information content (AvgIpc) is 2.47. The van der Waals surface area contributed by atoms with Gasteiger partial charge < -0.3 is 9.47 Å². The van der Waals surface area contributed by atoms with Gasteiger partial charge >= 0.3 is 11.9 Å². The Hall–Kier alpha value is -2.36. The van der Waals surface area contributed by atoms with Crippen molar-refractivity contribution in [3.05, 3.63) is 36.4 Å². The second kappa shape index (κ2) is 6.19. The lowest BCUT2D eigenvalue weighted by molar-refractivity contribution is -0.134. The van der Waals surface area contributed by atoms with E-state index in [1.807, 2.05) is 12.1 Å². The fourth-order valence-electron chi connectivity index (χ4n) is 1.74. The molecule has 4 nitrogen and oxygen atoms in total. The number of esters is 2. The van der Waals surface area contributed by atoms with Crippen molar-refractivity contribution in [3.8, 4) is 11.5 Å². The van der Waals surface area contributed by atoms with Gasteiger partial charge in [-0.25, -0.2) is 0 Å². The number of carbonyl (C=O) groups excluding carboxylic acids is 2. The van der Waals surface area contributed by atoms with E-state index in [4.69, 9.17) is 9.47 Å². The smallest absolute Gasteiger partial charge is 0.310 e. The summed E-state index contributed by atoms with van der Waals surface area (Å²) in [5.41, 5.74) is 0. The molecule has 0 fully saturated rings. The topological polar surface area (TPSA) is 52.6 Å². The number of fused-ring (bicyclic) bond motifs is 1. The highest BCUT2D eigenvalue weighted by Gasteiger charge is 2.05. The summed E-state index contributed by atoms with van der Waals surface area (Å²) in [5.74, 6) is 0.501. The van der Waals surface area contributed by atoms with Crippen LogP contribution >= 0.6 is 0 Å². The molecule has 104 valence electrons. The molecule has 0 bridgehead atoms. The maximum atomic E-state index is 11.2. The summed E-state index contributed by atoms with van der Waals surface area (Å²) in [6.07, 6.45) is 0.674. The summed E-state index contributed by atoms with van der Waals surface area (Å²) < 4.78 is 10.3. The summed E-state index contributed by atoms with van der Waals surface area (Å²) >= 11 is 0. The van der Waals surface area contributed by atoms with Crippen molar-refractivity contribution >= 4 is 22.7 Å². The van der Waals surface area contributed by atoms with Gasteiger partial charge in [0.05, 0.1) is 0 Å². The molecule has 0 aromatic heterocycles. The van der Waals surface area contributed by atoms with Crippen LogP contribution in [0.5, 0.6) is 11.5 Å². The van der Waals surface area contributed by atoms with E-state index in [0.29, 0.717) is 24.3 Å². The lowest BCUT2D eigenvalue weighted by Gasteiger charge is -2.07. The van der Waals surface area contributed by atoms with Crippen LogP contribution in [0.4, 0.5) is 0 Å². The van der Waals surface area contributed by atoms with Gasteiger partial charge in [-0.1, -0.05) is 26.0 Å². The summed E-state index contributed by atoms with van der Waals surface area (Å²) in [4.78, 5) is 22.5. The van der Waals surface area contributed by atoms with E-state index in [-0.39, 0.29) is 11.9 Å². The molecule has 0 spiro atoms. The van der Waals surface area contributed by atoms with Crippen LogP contribution in [0.2, 0.25) is 0 Å². The zero-order chi connectivity index (χ0) is 14.5. The number of rotatable bonds is 4. The summed E-state index contributed by atoms with van der Waals surface area (Å²) in [7, 11) is 0. The predicted octanol–water partition coefficient (Wildman–Crippen LogP) is 3.47. The van der Waals surface area contributed by atoms with Crippen LogP contribution in [0, 0.1) is 0 Å². The van der Waals surface area contributed by atoms with Crippen molar-refractivity contribution in [2.45, 2.75) is 26.7 Å². The second-order valence-corrected chi connectivity index (χ2v) is 4.33. The minimum absolute atomic E-state index is 0.266. The van der Waals surface area contributed by atoms with Gasteiger partial charge in [-0.3, -0.25) is 9.59 Å².